The van der Waals surface area contributed by atoms with Crippen molar-refractivity contribution in [2.24, 2.45) is 22.7 Å². The minimum Gasteiger partial charge on any atom is -0.295 e. The van der Waals surface area contributed by atoms with Gasteiger partial charge in [0.25, 0.3) is 0 Å². The maximum absolute atomic E-state index is 11.6. The number of hydrogen-bond donors (Lipinski definition) is 0. The molecular weight excluding hydrogens is 380 g/mol. The van der Waals surface area contributed by atoms with Crippen molar-refractivity contribution in [3.63, 3.8) is 0 Å². The zero-order chi connectivity index (χ0) is 23.7. The van der Waals surface area contributed by atoms with Gasteiger partial charge in [0, 0.05) is 18.3 Å². The molecule has 0 heterocycles. The summed E-state index contributed by atoms with van der Waals surface area (Å²) in [5.41, 5.74) is 3.37. The average molecular weight is 425 g/mol. The molecule has 2 unspecified atom stereocenters. The predicted octanol–water partition coefficient (Wildman–Crippen LogP) is 7.97. The third kappa shape index (κ3) is 8.97. The van der Waals surface area contributed by atoms with Crippen LogP contribution < -0.4 is 0 Å². The molecule has 0 radical (unpaired) electrons. The van der Waals surface area contributed by atoms with Crippen LogP contribution in [0.15, 0.2) is 60.3 Å². The first-order valence-corrected chi connectivity index (χ1v) is 11.7. The van der Waals surface area contributed by atoms with E-state index in [0.717, 1.165) is 12.8 Å². The largest absolute Gasteiger partial charge is 0.295 e. The summed E-state index contributed by atoms with van der Waals surface area (Å²) >= 11 is 0. The van der Waals surface area contributed by atoms with Crippen LogP contribution in [0.4, 0.5) is 0 Å². The van der Waals surface area contributed by atoms with E-state index in [9.17, 15) is 9.59 Å². The first-order valence-electron chi connectivity index (χ1n) is 11.7. The normalized spacial score (nSPS) is 24.7. The van der Waals surface area contributed by atoms with Gasteiger partial charge < -0.3 is 0 Å². The SMILES string of the molecule is C=CCCC(=O)/C=C/C1C(C)=CCCC1(C)C.CC(=O)/C=C/C1C(C)=CCCC1(C)C. The molecule has 0 aromatic rings. The van der Waals surface area contributed by atoms with Crippen molar-refractivity contribution in [2.75, 3.05) is 0 Å². The lowest BCUT2D eigenvalue weighted by Gasteiger charge is -2.36. The topological polar surface area (TPSA) is 34.1 Å². The lowest BCUT2D eigenvalue weighted by Crippen LogP contribution is -2.26. The highest BCUT2D eigenvalue weighted by molar-refractivity contribution is 5.89. The molecule has 0 aliphatic heterocycles. The second-order valence-corrected chi connectivity index (χ2v) is 10.5. The van der Waals surface area contributed by atoms with E-state index < -0.39 is 0 Å². The van der Waals surface area contributed by atoms with Gasteiger partial charge in [-0.3, -0.25) is 9.59 Å². The number of rotatable bonds is 7. The quantitative estimate of drug-likeness (QED) is 0.307. The van der Waals surface area contributed by atoms with Crippen LogP contribution in [-0.4, -0.2) is 11.6 Å². The lowest BCUT2D eigenvalue weighted by molar-refractivity contribution is -0.114. The molecule has 2 aliphatic carbocycles. The number of carbonyl (C=O) groups excluding carboxylic acids is 2. The van der Waals surface area contributed by atoms with Gasteiger partial charge in [-0.2, -0.15) is 0 Å². The molecule has 2 atom stereocenters. The minimum absolute atomic E-state index is 0.138. The van der Waals surface area contributed by atoms with Gasteiger partial charge in [-0.05, 0) is 75.9 Å². The van der Waals surface area contributed by atoms with Crippen LogP contribution in [0, 0.1) is 22.7 Å². The van der Waals surface area contributed by atoms with Gasteiger partial charge in [-0.1, -0.05) is 69.2 Å². The molecule has 0 amide bonds. The van der Waals surface area contributed by atoms with Crippen molar-refractivity contribution >= 4 is 11.6 Å². The Morgan fingerprint density at radius 3 is 1.77 bits per heavy atom. The van der Waals surface area contributed by atoms with Crippen LogP contribution in [0.3, 0.4) is 0 Å². The monoisotopic (exact) mass is 424 g/mol. The highest BCUT2D eigenvalue weighted by atomic mass is 16.1. The summed E-state index contributed by atoms with van der Waals surface area (Å²) in [6, 6.07) is 0. The van der Waals surface area contributed by atoms with Crippen molar-refractivity contribution in [1.29, 1.82) is 0 Å². The lowest BCUT2D eigenvalue weighted by atomic mass is 9.68. The van der Waals surface area contributed by atoms with E-state index in [1.54, 1.807) is 25.2 Å². The Morgan fingerprint density at radius 1 is 0.935 bits per heavy atom. The van der Waals surface area contributed by atoms with E-state index in [2.05, 4.69) is 72.4 Å². The predicted molar refractivity (Wildman–Crippen MR) is 134 cm³/mol. The first-order chi connectivity index (χ1) is 14.4. The van der Waals surface area contributed by atoms with Crippen LogP contribution in [0.1, 0.15) is 87.0 Å². The van der Waals surface area contributed by atoms with E-state index in [-0.39, 0.29) is 17.0 Å². The van der Waals surface area contributed by atoms with Crippen molar-refractivity contribution in [1.82, 2.24) is 0 Å². The molecule has 0 spiro atoms. The number of carbonyl (C=O) groups is 2. The fourth-order valence-corrected chi connectivity index (χ4v) is 4.73. The Bertz CT molecular complexity index is 756. The molecule has 0 N–H and O–H groups in total. The Balaban J connectivity index is 0.000000316. The highest BCUT2D eigenvalue weighted by Gasteiger charge is 2.31. The molecule has 0 bridgehead atoms. The Kier molecular flexibility index (Phi) is 10.6. The van der Waals surface area contributed by atoms with E-state index in [4.69, 9.17) is 0 Å². The molecule has 0 fully saturated rings. The molecule has 0 saturated carbocycles. The van der Waals surface area contributed by atoms with Gasteiger partial charge in [0.2, 0.25) is 0 Å². The summed E-state index contributed by atoms with van der Waals surface area (Å²) in [6.45, 7) is 18.7. The van der Waals surface area contributed by atoms with Gasteiger partial charge in [0.1, 0.15) is 0 Å². The first kappa shape index (κ1) is 27.1. The Labute approximate surface area is 191 Å². The number of allylic oxidation sites excluding steroid dienone is 9. The maximum atomic E-state index is 11.6. The van der Waals surface area contributed by atoms with E-state index in [1.807, 2.05) is 0 Å². The molecule has 31 heavy (non-hydrogen) atoms. The van der Waals surface area contributed by atoms with Crippen LogP contribution in [-0.2, 0) is 9.59 Å². The van der Waals surface area contributed by atoms with Crippen molar-refractivity contribution in [3.05, 3.63) is 60.3 Å². The molecule has 2 rings (SSSR count). The fourth-order valence-electron chi connectivity index (χ4n) is 4.73. The molecule has 2 nitrogen and oxygen atoms in total. The second kappa shape index (κ2) is 12.2. The summed E-state index contributed by atoms with van der Waals surface area (Å²) in [5.74, 6) is 1.18. The number of ketones is 2. The molecular formula is C29H44O2. The summed E-state index contributed by atoms with van der Waals surface area (Å²) in [5, 5.41) is 0. The van der Waals surface area contributed by atoms with E-state index in [1.165, 1.54) is 30.4 Å². The average Bonchev–Trinajstić information content (AvgIpc) is 2.65. The van der Waals surface area contributed by atoms with E-state index >= 15 is 0 Å². The molecule has 0 aromatic heterocycles. The van der Waals surface area contributed by atoms with Crippen molar-refractivity contribution < 1.29 is 9.59 Å². The van der Waals surface area contributed by atoms with Crippen LogP contribution in [0.2, 0.25) is 0 Å². The number of hydrogen-bond acceptors (Lipinski definition) is 2. The standard InChI is InChI=1S/C16H24O.C13H20O/c1-5-6-9-14(17)10-11-15-13(2)8-7-12-16(15,3)4;1-10-6-5-9-13(3,4)12(10)8-7-11(2)14/h5,8,10-11,15H,1,6-7,9,12H2,2-4H3;6-8,12H,5,9H2,1-4H3/b11-10+;8-7+. The van der Waals surface area contributed by atoms with Gasteiger partial charge in [-0.15, -0.1) is 6.58 Å². The van der Waals surface area contributed by atoms with E-state index in [0.29, 0.717) is 23.7 Å². The third-order valence-corrected chi connectivity index (χ3v) is 6.77. The maximum Gasteiger partial charge on any atom is 0.155 e. The zero-order valence-electron chi connectivity index (χ0n) is 21.0. The molecule has 0 saturated heterocycles. The summed E-state index contributed by atoms with van der Waals surface area (Å²) < 4.78 is 0. The molecule has 2 heteroatoms. The molecule has 172 valence electrons. The third-order valence-electron chi connectivity index (χ3n) is 6.77. The minimum atomic E-state index is 0.138. The van der Waals surface area contributed by atoms with Crippen molar-refractivity contribution in [2.45, 2.75) is 87.0 Å². The van der Waals surface area contributed by atoms with Gasteiger partial charge in [-0.25, -0.2) is 0 Å². The zero-order valence-corrected chi connectivity index (χ0v) is 21.0. The Morgan fingerprint density at radius 2 is 1.39 bits per heavy atom. The Hall–Kier alpha value is -1.96. The summed E-state index contributed by atoms with van der Waals surface area (Å²) in [4.78, 5) is 22.5. The van der Waals surface area contributed by atoms with Crippen LogP contribution >= 0.6 is 0 Å². The summed E-state index contributed by atoms with van der Waals surface area (Å²) in [6.07, 6.45) is 20.1. The smallest absolute Gasteiger partial charge is 0.155 e. The van der Waals surface area contributed by atoms with Crippen molar-refractivity contribution in [3.8, 4) is 0 Å². The summed E-state index contributed by atoms with van der Waals surface area (Å²) in [7, 11) is 0. The van der Waals surface area contributed by atoms with Crippen LogP contribution in [0.5, 0.6) is 0 Å². The van der Waals surface area contributed by atoms with Gasteiger partial charge >= 0.3 is 0 Å². The fraction of sp³-hybridized carbons (Fsp3) is 0.586. The highest BCUT2D eigenvalue weighted by Crippen LogP contribution is 2.42. The molecule has 2 aliphatic rings. The van der Waals surface area contributed by atoms with Gasteiger partial charge in [0.05, 0.1) is 0 Å². The second-order valence-electron chi connectivity index (χ2n) is 10.5. The van der Waals surface area contributed by atoms with Crippen LogP contribution in [0.25, 0.3) is 0 Å². The van der Waals surface area contributed by atoms with Gasteiger partial charge in [0.15, 0.2) is 11.6 Å². The molecule has 0 aromatic carbocycles.